The van der Waals surface area contributed by atoms with Crippen LogP contribution < -0.4 is 5.32 Å². The second-order valence-electron chi connectivity index (χ2n) is 5.80. The number of anilines is 1. The lowest BCUT2D eigenvalue weighted by atomic mass is 10.1. The molecule has 1 aromatic heterocycles. The molecule has 0 saturated carbocycles. The molecule has 1 aliphatic heterocycles. The van der Waals surface area contributed by atoms with Crippen LogP contribution in [0.4, 0.5) is 5.82 Å². The van der Waals surface area contributed by atoms with Gasteiger partial charge < -0.3 is 5.32 Å². The summed E-state index contributed by atoms with van der Waals surface area (Å²) < 4.78 is 0. The molecule has 1 aromatic rings. The minimum Gasteiger partial charge on any atom is -0.370 e. The highest BCUT2D eigenvalue weighted by Crippen LogP contribution is 2.38. The van der Waals surface area contributed by atoms with Gasteiger partial charge in [-0.3, -0.25) is 0 Å². The van der Waals surface area contributed by atoms with E-state index in [1.165, 1.54) is 55.5 Å². The van der Waals surface area contributed by atoms with E-state index in [-0.39, 0.29) is 0 Å². The molecule has 1 unspecified atom stereocenters. The molecule has 1 aliphatic carbocycles. The van der Waals surface area contributed by atoms with Crippen molar-refractivity contribution in [3.63, 3.8) is 0 Å². The van der Waals surface area contributed by atoms with E-state index in [9.17, 15) is 0 Å². The number of aromatic nitrogens is 2. The zero-order valence-corrected chi connectivity index (χ0v) is 13.3. The molecule has 0 bridgehead atoms. The lowest BCUT2D eigenvalue weighted by Gasteiger charge is -2.22. The normalized spacial score (nSPS) is 22.9. The molecule has 4 heteroatoms. The zero-order valence-electron chi connectivity index (χ0n) is 12.5. The molecule has 0 amide bonds. The molecular weight excluding hydrogens is 266 g/mol. The second-order valence-corrected chi connectivity index (χ2v) is 7.11. The number of thioether (sulfide) groups is 1. The van der Waals surface area contributed by atoms with E-state index in [0.29, 0.717) is 5.25 Å². The van der Waals surface area contributed by atoms with Crippen LogP contribution >= 0.6 is 11.8 Å². The van der Waals surface area contributed by atoms with Gasteiger partial charge in [0.2, 0.25) is 0 Å². The fraction of sp³-hybridized carbons (Fsp3) is 0.750. The third-order valence-electron chi connectivity index (χ3n) is 4.26. The summed E-state index contributed by atoms with van der Waals surface area (Å²) in [5.41, 5.74) is 2.73. The number of rotatable bonds is 3. The number of hydrogen-bond acceptors (Lipinski definition) is 4. The van der Waals surface area contributed by atoms with Crippen LogP contribution in [0.5, 0.6) is 0 Å². The van der Waals surface area contributed by atoms with Crippen molar-refractivity contribution in [3.8, 4) is 0 Å². The Morgan fingerprint density at radius 1 is 1.10 bits per heavy atom. The summed E-state index contributed by atoms with van der Waals surface area (Å²) in [5.74, 6) is 3.48. The first-order valence-corrected chi connectivity index (χ1v) is 9.18. The van der Waals surface area contributed by atoms with Crippen LogP contribution in [0, 0.1) is 0 Å². The van der Waals surface area contributed by atoms with Crippen molar-refractivity contribution in [2.75, 3.05) is 17.6 Å². The highest BCUT2D eigenvalue weighted by Gasteiger charge is 2.23. The van der Waals surface area contributed by atoms with Crippen molar-refractivity contribution in [1.29, 1.82) is 0 Å². The third-order valence-corrected chi connectivity index (χ3v) is 5.64. The Kier molecular flexibility index (Phi) is 4.81. The Labute approximate surface area is 126 Å². The molecule has 2 heterocycles. The Balaban J connectivity index is 1.94. The van der Waals surface area contributed by atoms with Gasteiger partial charge in [0.15, 0.2) is 0 Å². The smallest absolute Gasteiger partial charge is 0.143 e. The van der Waals surface area contributed by atoms with Crippen molar-refractivity contribution < 1.29 is 0 Å². The number of nitrogens with one attached hydrogen (secondary N) is 1. The van der Waals surface area contributed by atoms with Crippen LogP contribution in [-0.4, -0.2) is 22.3 Å². The van der Waals surface area contributed by atoms with Crippen LogP contribution in [0.15, 0.2) is 0 Å². The van der Waals surface area contributed by atoms with Crippen molar-refractivity contribution >= 4 is 17.6 Å². The van der Waals surface area contributed by atoms with Gasteiger partial charge >= 0.3 is 0 Å². The molecule has 20 heavy (non-hydrogen) atoms. The van der Waals surface area contributed by atoms with Gasteiger partial charge in [0, 0.05) is 17.8 Å². The monoisotopic (exact) mass is 291 g/mol. The maximum absolute atomic E-state index is 4.97. The lowest BCUT2D eigenvalue weighted by Crippen LogP contribution is -2.14. The minimum atomic E-state index is 0.523. The van der Waals surface area contributed by atoms with Gasteiger partial charge in [0.1, 0.15) is 11.6 Å². The van der Waals surface area contributed by atoms with E-state index in [4.69, 9.17) is 9.97 Å². The van der Waals surface area contributed by atoms with Crippen molar-refractivity contribution in [1.82, 2.24) is 9.97 Å². The van der Waals surface area contributed by atoms with Crippen molar-refractivity contribution in [3.05, 3.63) is 17.1 Å². The Morgan fingerprint density at radius 2 is 2.00 bits per heavy atom. The van der Waals surface area contributed by atoms with Crippen LogP contribution in [0.25, 0.3) is 0 Å². The average molecular weight is 291 g/mol. The fourth-order valence-electron chi connectivity index (χ4n) is 3.19. The topological polar surface area (TPSA) is 37.8 Å². The molecule has 3 rings (SSSR count). The summed E-state index contributed by atoms with van der Waals surface area (Å²) >= 11 is 2.05. The molecule has 3 nitrogen and oxygen atoms in total. The predicted molar refractivity (Wildman–Crippen MR) is 86.5 cm³/mol. The second kappa shape index (κ2) is 6.79. The van der Waals surface area contributed by atoms with E-state index in [1.807, 2.05) is 11.8 Å². The van der Waals surface area contributed by atoms with Crippen molar-refractivity contribution in [2.24, 2.45) is 0 Å². The molecule has 0 aromatic carbocycles. The molecule has 1 atom stereocenters. The summed E-state index contributed by atoms with van der Waals surface area (Å²) in [6, 6.07) is 0. The predicted octanol–water partition coefficient (Wildman–Crippen LogP) is 4.14. The number of aryl methyl sites for hydroxylation is 1. The third kappa shape index (κ3) is 3.11. The van der Waals surface area contributed by atoms with Crippen LogP contribution in [0.3, 0.4) is 0 Å². The number of fused-ring (bicyclic) bond motifs is 1. The Bertz CT molecular complexity index is 455. The van der Waals surface area contributed by atoms with E-state index in [1.54, 1.807) is 0 Å². The molecule has 0 radical (unpaired) electrons. The lowest BCUT2D eigenvalue weighted by molar-refractivity contribution is 0.656. The van der Waals surface area contributed by atoms with E-state index < -0.39 is 0 Å². The number of hydrogen-bond donors (Lipinski definition) is 1. The highest BCUT2D eigenvalue weighted by atomic mass is 32.2. The van der Waals surface area contributed by atoms with Gasteiger partial charge in [0.05, 0.1) is 5.25 Å². The molecular formula is C16H25N3S. The summed E-state index contributed by atoms with van der Waals surface area (Å²) in [6.45, 7) is 3.10. The summed E-state index contributed by atoms with van der Waals surface area (Å²) in [5, 5.41) is 4.01. The van der Waals surface area contributed by atoms with Gasteiger partial charge in [-0.05, 0) is 51.2 Å². The van der Waals surface area contributed by atoms with Gasteiger partial charge in [0.25, 0.3) is 0 Å². The largest absolute Gasteiger partial charge is 0.370 e. The molecule has 1 saturated heterocycles. The van der Waals surface area contributed by atoms with Gasteiger partial charge in [-0.15, -0.1) is 0 Å². The van der Waals surface area contributed by atoms with E-state index in [2.05, 4.69) is 12.2 Å². The minimum absolute atomic E-state index is 0.523. The summed E-state index contributed by atoms with van der Waals surface area (Å²) in [4.78, 5) is 9.87. The molecule has 0 spiro atoms. The summed E-state index contributed by atoms with van der Waals surface area (Å²) in [6.07, 6.45) is 10.1. The Morgan fingerprint density at radius 3 is 2.80 bits per heavy atom. The van der Waals surface area contributed by atoms with Gasteiger partial charge in [-0.1, -0.05) is 12.8 Å². The SMILES string of the molecule is CCNc1nc(C2CCCCS2)nc2c1CCCCC2. The van der Waals surface area contributed by atoms with E-state index in [0.717, 1.165) is 31.0 Å². The summed E-state index contributed by atoms with van der Waals surface area (Å²) in [7, 11) is 0. The van der Waals surface area contributed by atoms with Crippen LogP contribution in [0.1, 0.15) is 67.8 Å². The Hall–Kier alpha value is -0.770. The van der Waals surface area contributed by atoms with Gasteiger partial charge in [-0.25, -0.2) is 9.97 Å². The van der Waals surface area contributed by atoms with E-state index >= 15 is 0 Å². The molecule has 110 valence electrons. The average Bonchev–Trinajstić information content (AvgIpc) is 2.74. The first kappa shape index (κ1) is 14.2. The fourth-order valence-corrected chi connectivity index (χ4v) is 4.44. The molecule has 1 fully saturated rings. The maximum atomic E-state index is 4.97. The van der Waals surface area contributed by atoms with Gasteiger partial charge in [-0.2, -0.15) is 11.8 Å². The van der Waals surface area contributed by atoms with Crippen LogP contribution in [-0.2, 0) is 12.8 Å². The molecule has 2 aliphatic rings. The zero-order chi connectivity index (χ0) is 13.8. The maximum Gasteiger partial charge on any atom is 0.143 e. The first-order valence-electron chi connectivity index (χ1n) is 8.13. The van der Waals surface area contributed by atoms with Crippen LogP contribution in [0.2, 0.25) is 0 Å². The van der Waals surface area contributed by atoms with Crippen molar-refractivity contribution in [2.45, 2.75) is 63.5 Å². The molecule has 1 N–H and O–H groups in total. The first-order chi connectivity index (χ1) is 9.88. The number of nitrogens with zero attached hydrogens (tertiary/aromatic N) is 2. The quantitative estimate of drug-likeness (QED) is 0.850. The standard InChI is InChI=1S/C16H25N3S/c1-2-17-15-12-8-4-3-5-9-13(12)18-16(19-15)14-10-6-7-11-20-14/h14H,2-11H2,1H3,(H,17,18,19). The highest BCUT2D eigenvalue weighted by molar-refractivity contribution is 7.99.